The van der Waals surface area contributed by atoms with Crippen LogP contribution in [0, 0.1) is 0 Å². The summed E-state index contributed by atoms with van der Waals surface area (Å²) in [4.78, 5) is 13.0. The Labute approximate surface area is 87.8 Å². The fourth-order valence-electron chi connectivity index (χ4n) is 1.83. The van der Waals surface area contributed by atoms with Gasteiger partial charge in [-0.1, -0.05) is 0 Å². The molecule has 2 rings (SSSR count). The van der Waals surface area contributed by atoms with Crippen molar-refractivity contribution in [3.63, 3.8) is 0 Å². The molecule has 6 heteroatoms. The maximum Gasteiger partial charge on any atom is 0.182 e. The van der Waals surface area contributed by atoms with Gasteiger partial charge in [0.2, 0.25) is 0 Å². The number of Topliss-reactive ketones (excluding diaryl/α,β-unsaturated/α-hetero) is 1. The molecule has 0 radical (unpaired) electrons. The van der Waals surface area contributed by atoms with E-state index in [0.717, 1.165) is 19.3 Å². The van der Waals surface area contributed by atoms with Gasteiger partial charge < -0.3 is 5.73 Å². The second kappa shape index (κ2) is 3.69. The smallest absolute Gasteiger partial charge is 0.182 e. The van der Waals surface area contributed by atoms with Gasteiger partial charge in [-0.2, -0.15) is 4.80 Å². The summed E-state index contributed by atoms with van der Waals surface area (Å²) in [6.07, 6.45) is 3.71. The van der Waals surface area contributed by atoms with E-state index in [4.69, 9.17) is 5.73 Å². The summed E-state index contributed by atoms with van der Waals surface area (Å²) >= 11 is 0. The van der Waals surface area contributed by atoms with Crippen LogP contribution in [0.1, 0.15) is 31.5 Å². The Morgan fingerprint density at radius 2 is 2.33 bits per heavy atom. The van der Waals surface area contributed by atoms with Gasteiger partial charge >= 0.3 is 0 Å². The summed E-state index contributed by atoms with van der Waals surface area (Å²) in [5, 5.41) is 11.4. The zero-order valence-electron chi connectivity index (χ0n) is 8.81. The van der Waals surface area contributed by atoms with E-state index in [9.17, 15) is 4.79 Å². The number of nitrogens with zero attached hydrogens (tertiary/aromatic N) is 4. The maximum absolute atomic E-state index is 11.6. The van der Waals surface area contributed by atoms with Crippen LogP contribution in [-0.4, -0.2) is 31.5 Å². The van der Waals surface area contributed by atoms with Gasteiger partial charge in [-0.3, -0.25) is 4.79 Å². The van der Waals surface area contributed by atoms with Crippen LogP contribution in [0.4, 0.5) is 0 Å². The van der Waals surface area contributed by atoms with Crippen molar-refractivity contribution >= 4 is 5.78 Å². The highest BCUT2D eigenvalue weighted by Crippen LogP contribution is 2.32. The molecule has 1 aliphatic rings. The summed E-state index contributed by atoms with van der Waals surface area (Å²) in [6.45, 7) is 0. The zero-order valence-corrected chi connectivity index (χ0v) is 8.81. The van der Waals surface area contributed by atoms with Crippen LogP contribution in [0.3, 0.4) is 0 Å². The van der Waals surface area contributed by atoms with Crippen molar-refractivity contribution in [1.29, 1.82) is 0 Å². The fourth-order valence-corrected chi connectivity index (χ4v) is 1.83. The van der Waals surface area contributed by atoms with E-state index < -0.39 is 0 Å². The molecule has 82 valence electrons. The maximum atomic E-state index is 11.6. The Kier molecular flexibility index (Phi) is 2.52. The predicted octanol–water partition coefficient (Wildman–Crippen LogP) is -0.407. The third-order valence-corrected chi connectivity index (χ3v) is 2.80. The third kappa shape index (κ3) is 2.38. The highest BCUT2D eigenvalue weighted by Gasteiger charge is 2.34. The molecule has 1 aliphatic carbocycles. The molecule has 2 N–H and O–H groups in total. The van der Waals surface area contributed by atoms with Crippen molar-refractivity contribution in [1.82, 2.24) is 20.2 Å². The molecule has 6 nitrogen and oxygen atoms in total. The van der Waals surface area contributed by atoms with Gasteiger partial charge in [0.25, 0.3) is 0 Å². The molecule has 1 aromatic rings. The van der Waals surface area contributed by atoms with Crippen LogP contribution in [0.2, 0.25) is 0 Å². The number of ketones is 1. The first-order valence-corrected chi connectivity index (χ1v) is 5.11. The Morgan fingerprint density at radius 3 is 2.80 bits per heavy atom. The molecular formula is C9H15N5O. The lowest BCUT2D eigenvalue weighted by molar-refractivity contribution is -0.120. The first-order valence-electron chi connectivity index (χ1n) is 5.11. The minimum Gasteiger partial charge on any atom is -0.325 e. The molecule has 0 spiro atoms. The molecule has 0 aromatic carbocycles. The summed E-state index contributed by atoms with van der Waals surface area (Å²) in [5.41, 5.74) is 5.73. The number of nitrogens with two attached hydrogens (primary N) is 1. The van der Waals surface area contributed by atoms with Crippen LogP contribution in [-0.2, 0) is 18.3 Å². The van der Waals surface area contributed by atoms with E-state index >= 15 is 0 Å². The van der Waals surface area contributed by atoms with Gasteiger partial charge in [0.1, 0.15) is 5.78 Å². The van der Waals surface area contributed by atoms with Crippen LogP contribution in [0.15, 0.2) is 0 Å². The number of tetrazole rings is 1. The highest BCUT2D eigenvalue weighted by molar-refractivity contribution is 5.81. The molecule has 15 heavy (non-hydrogen) atoms. The first-order chi connectivity index (χ1) is 7.07. The van der Waals surface area contributed by atoms with Crippen LogP contribution >= 0.6 is 0 Å². The van der Waals surface area contributed by atoms with E-state index in [2.05, 4.69) is 15.4 Å². The van der Waals surface area contributed by atoms with Crippen LogP contribution in [0.25, 0.3) is 0 Å². The molecular weight excluding hydrogens is 194 g/mol. The Balaban J connectivity index is 1.87. The molecule has 0 amide bonds. The lowest BCUT2D eigenvalue weighted by atomic mass is 9.74. The zero-order chi connectivity index (χ0) is 10.9. The van der Waals surface area contributed by atoms with Crippen molar-refractivity contribution in [2.24, 2.45) is 12.8 Å². The summed E-state index contributed by atoms with van der Waals surface area (Å²) in [7, 11) is 1.68. The van der Waals surface area contributed by atoms with E-state index in [0.29, 0.717) is 12.2 Å². The average Bonchev–Trinajstić information content (AvgIpc) is 2.48. The Morgan fingerprint density at radius 1 is 1.60 bits per heavy atom. The Bertz CT molecular complexity index is 368. The molecule has 0 aliphatic heterocycles. The van der Waals surface area contributed by atoms with Gasteiger partial charge in [-0.15, -0.1) is 10.2 Å². The monoisotopic (exact) mass is 209 g/mol. The minimum atomic E-state index is -0.251. The molecule has 0 atom stereocenters. The Hall–Kier alpha value is -1.30. The van der Waals surface area contributed by atoms with Crippen LogP contribution in [0.5, 0.6) is 0 Å². The van der Waals surface area contributed by atoms with Crippen molar-refractivity contribution < 1.29 is 4.79 Å². The van der Waals surface area contributed by atoms with Gasteiger partial charge in [0.05, 0.1) is 13.5 Å². The van der Waals surface area contributed by atoms with Gasteiger partial charge in [-0.05, 0) is 24.5 Å². The van der Waals surface area contributed by atoms with Gasteiger partial charge in [0.15, 0.2) is 5.82 Å². The second-order valence-corrected chi connectivity index (χ2v) is 4.30. The minimum absolute atomic E-state index is 0.102. The predicted molar refractivity (Wildman–Crippen MR) is 52.9 cm³/mol. The topological polar surface area (TPSA) is 86.7 Å². The van der Waals surface area contributed by atoms with Gasteiger partial charge in [-0.25, -0.2) is 0 Å². The second-order valence-electron chi connectivity index (χ2n) is 4.30. The number of hydrogen-bond donors (Lipinski definition) is 1. The molecule has 1 aromatic heterocycles. The molecule has 0 unspecified atom stereocenters. The molecule has 0 saturated heterocycles. The lowest BCUT2D eigenvalue weighted by Crippen LogP contribution is -2.48. The van der Waals surface area contributed by atoms with E-state index in [1.165, 1.54) is 4.80 Å². The molecule has 1 heterocycles. The average molecular weight is 209 g/mol. The van der Waals surface area contributed by atoms with Crippen LogP contribution < -0.4 is 5.73 Å². The number of carbonyl (C=O) groups excluding carboxylic acids is 1. The largest absolute Gasteiger partial charge is 0.325 e. The normalized spacial score (nSPS) is 18.5. The summed E-state index contributed by atoms with van der Waals surface area (Å²) in [5.74, 6) is 0.579. The third-order valence-electron chi connectivity index (χ3n) is 2.80. The SMILES string of the molecule is Cn1nnc(CC(=O)CC2(N)CCC2)n1. The van der Waals surface area contributed by atoms with Gasteiger partial charge in [0, 0.05) is 12.0 Å². The molecule has 1 saturated carbocycles. The number of aryl methyl sites for hydroxylation is 1. The van der Waals surface area contributed by atoms with Crippen molar-refractivity contribution in [2.45, 2.75) is 37.6 Å². The van der Waals surface area contributed by atoms with Crippen molar-refractivity contribution in [2.75, 3.05) is 0 Å². The first kappa shape index (κ1) is 10.2. The summed E-state index contributed by atoms with van der Waals surface area (Å²) < 4.78 is 0. The number of hydrogen-bond acceptors (Lipinski definition) is 5. The highest BCUT2D eigenvalue weighted by atomic mass is 16.1. The summed E-state index contributed by atoms with van der Waals surface area (Å²) in [6, 6.07) is 0. The molecule has 1 fully saturated rings. The van der Waals surface area contributed by atoms with Crippen molar-refractivity contribution in [3.8, 4) is 0 Å². The molecule has 0 bridgehead atoms. The fraction of sp³-hybridized carbons (Fsp3) is 0.778. The number of aromatic nitrogens is 4. The quantitative estimate of drug-likeness (QED) is 0.728. The standard InChI is InChI=1S/C9H15N5O/c1-14-12-8(11-13-14)5-7(15)6-9(10)3-2-4-9/h2-6,10H2,1H3. The number of carbonyl (C=O) groups is 1. The lowest BCUT2D eigenvalue weighted by Gasteiger charge is -2.37. The van der Waals surface area contributed by atoms with E-state index in [1.807, 2.05) is 0 Å². The number of rotatable bonds is 4. The van der Waals surface area contributed by atoms with E-state index in [-0.39, 0.29) is 17.7 Å². The van der Waals surface area contributed by atoms with E-state index in [1.54, 1.807) is 7.05 Å². The van der Waals surface area contributed by atoms with Crippen molar-refractivity contribution in [3.05, 3.63) is 5.82 Å².